The number of anilines is 2. The zero-order valence-electron chi connectivity index (χ0n) is 20.0. The summed E-state index contributed by atoms with van der Waals surface area (Å²) < 4.78 is 33.2. The van der Waals surface area contributed by atoms with E-state index < -0.39 is 41.8 Å². The number of amides is 5. The van der Waals surface area contributed by atoms with E-state index in [0.717, 1.165) is 17.4 Å². The third kappa shape index (κ3) is 7.84. The quantitative estimate of drug-likeness (QED) is 0.376. The number of nitrogens with zero attached hydrogens (tertiary/aromatic N) is 1. The predicted molar refractivity (Wildman–Crippen MR) is 135 cm³/mol. The first-order chi connectivity index (χ1) is 17.5. The van der Waals surface area contributed by atoms with Gasteiger partial charge in [-0.2, -0.15) is 0 Å². The summed E-state index contributed by atoms with van der Waals surface area (Å²) >= 11 is 6.90. The highest BCUT2D eigenvalue weighted by Crippen LogP contribution is 2.33. The predicted octanol–water partition coefficient (Wildman–Crippen LogP) is 3.15. The van der Waals surface area contributed by atoms with Crippen LogP contribution >= 0.6 is 22.9 Å². The fourth-order valence-corrected chi connectivity index (χ4v) is 4.40. The number of benzene rings is 1. The maximum absolute atomic E-state index is 13.8. The van der Waals surface area contributed by atoms with Crippen LogP contribution in [0.15, 0.2) is 30.3 Å². The summed E-state index contributed by atoms with van der Waals surface area (Å²) in [7, 11) is 0. The Morgan fingerprint density at radius 3 is 2.54 bits per heavy atom. The molecule has 10 nitrogen and oxygen atoms in total. The minimum Gasteiger partial charge on any atom is -0.370 e. The molecule has 1 aliphatic rings. The summed E-state index contributed by atoms with van der Waals surface area (Å²) in [6.07, 6.45) is -2.93. The number of rotatable bonds is 9. The highest BCUT2D eigenvalue weighted by atomic mass is 35.5. The molecule has 0 aliphatic carbocycles. The molecule has 0 bridgehead atoms. The number of carbonyl (C=O) groups is 4. The molecule has 1 fully saturated rings. The number of nitrogens with one attached hydrogen (secondary N) is 4. The highest BCUT2D eigenvalue weighted by Gasteiger charge is 2.27. The van der Waals surface area contributed by atoms with E-state index in [0.29, 0.717) is 9.21 Å². The van der Waals surface area contributed by atoms with Crippen LogP contribution in [0, 0.1) is 0 Å². The van der Waals surface area contributed by atoms with E-state index in [4.69, 9.17) is 16.3 Å². The SMILES string of the molecule is CC(C)NC(=O)N[C@H](CNC(=O)c1ccc(Cl)s1)C(=O)Nc1ccc(N2CCOCC2=O)c(C(F)F)c1. The van der Waals surface area contributed by atoms with Gasteiger partial charge in [0.15, 0.2) is 0 Å². The molecule has 0 unspecified atom stereocenters. The van der Waals surface area contributed by atoms with Gasteiger partial charge in [0, 0.05) is 30.4 Å². The van der Waals surface area contributed by atoms with Crippen LogP contribution in [0.5, 0.6) is 0 Å². The molecule has 0 spiro atoms. The van der Waals surface area contributed by atoms with Crippen LogP contribution in [0.4, 0.5) is 25.0 Å². The molecule has 1 aliphatic heterocycles. The first-order valence-electron chi connectivity index (χ1n) is 11.3. The van der Waals surface area contributed by atoms with Crippen molar-refractivity contribution in [3.63, 3.8) is 0 Å². The largest absolute Gasteiger partial charge is 0.370 e. The van der Waals surface area contributed by atoms with Crippen molar-refractivity contribution in [2.45, 2.75) is 32.4 Å². The minimum atomic E-state index is -2.93. The van der Waals surface area contributed by atoms with Crippen LogP contribution in [-0.4, -0.2) is 62.1 Å². The number of hydrogen-bond donors (Lipinski definition) is 4. The highest BCUT2D eigenvalue weighted by molar-refractivity contribution is 7.18. The Kier molecular flexibility index (Phi) is 9.78. The molecule has 200 valence electrons. The lowest BCUT2D eigenvalue weighted by Crippen LogP contribution is -2.54. The average Bonchev–Trinajstić information content (AvgIpc) is 3.27. The van der Waals surface area contributed by atoms with Crippen molar-refractivity contribution in [3.05, 3.63) is 45.1 Å². The summed E-state index contributed by atoms with van der Waals surface area (Å²) in [5.41, 5.74) is -0.399. The van der Waals surface area contributed by atoms with Gasteiger partial charge in [-0.1, -0.05) is 11.6 Å². The number of alkyl halides is 2. The number of morpholine rings is 1. The molecule has 4 N–H and O–H groups in total. The molecule has 3 rings (SSSR count). The molecular weight excluding hydrogens is 532 g/mol. The van der Waals surface area contributed by atoms with Crippen LogP contribution in [-0.2, 0) is 14.3 Å². The lowest BCUT2D eigenvalue weighted by atomic mass is 10.1. The monoisotopic (exact) mass is 557 g/mol. The third-order valence-corrected chi connectivity index (χ3v) is 6.34. The van der Waals surface area contributed by atoms with Gasteiger partial charge in [0.05, 0.1) is 21.5 Å². The van der Waals surface area contributed by atoms with Crippen LogP contribution in [0.3, 0.4) is 0 Å². The number of halogens is 3. The van der Waals surface area contributed by atoms with E-state index in [2.05, 4.69) is 21.3 Å². The van der Waals surface area contributed by atoms with Crippen molar-refractivity contribution < 1.29 is 32.7 Å². The number of ether oxygens (including phenoxy) is 1. The molecular formula is C23H26ClF2N5O5S. The second-order valence-corrected chi connectivity index (χ2v) is 10.0. The fraction of sp³-hybridized carbons (Fsp3) is 0.391. The van der Waals surface area contributed by atoms with E-state index in [9.17, 15) is 28.0 Å². The van der Waals surface area contributed by atoms with E-state index in [-0.39, 0.29) is 43.7 Å². The Balaban J connectivity index is 1.76. The molecule has 1 aromatic carbocycles. The standard InChI is InChI=1S/C23H26ClF2N5O5S/c1-12(2)28-23(35)30-15(10-27-22(34)17-5-6-18(24)37-17)21(33)29-13-3-4-16(14(9-13)20(25)26)31-7-8-36-11-19(31)32/h3-6,9,12,15,20H,7-8,10-11H2,1-2H3,(H,27,34)(H,29,33)(H2,28,30,35)/t15-/m1/s1. The molecule has 1 atom stereocenters. The summed E-state index contributed by atoms with van der Waals surface area (Å²) in [4.78, 5) is 51.3. The molecule has 14 heteroatoms. The molecule has 1 saturated heterocycles. The fourth-order valence-electron chi connectivity index (χ4n) is 3.44. The van der Waals surface area contributed by atoms with Crippen molar-refractivity contribution >= 4 is 58.1 Å². The second kappa shape index (κ2) is 12.8. The average molecular weight is 558 g/mol. The zero-order valence-corrected chi connectivity index (χ0v) is 21.6. The Morgan fingerprint density at radius 2 is 1.92 bits per heavy atom. The van der Waals surface area contributed by atoms with Crippen LogP contribution in [0.1, 0.15) is 35.5 Å². The van der Waals surface area contributed by atoms with Gasteiger partial charge in [-0.05, 0) is 44.2 Å². The molecule has 5 amide bonds. The number of thiophene rings is 1. The third-order valence-electron chi connectivity index (χ3n) is 5.11. The Hall–Kier alpha value is -3.29. The summed E-state index contributed by atoms with van der Waals surface area (Å²) in [5.74, 6) is -1.70. The topological polar surface area (TPSA) is 129 Å². The molecule has 1 aromatic heterocycles. The zero-order chi connectivity index (χ0) is 27.1. The van der Waals surface area contributed by atoms with E-state index in [1.807, 2.05) is 0 Å². The van der Waals surface area contributed by atoms with Gasteiger partial charge < -0.3 is 30.9 Å². The number of urea groups is 1. The Bertz CT molecular complexity index is 1160. The smallest absolute Gasteiger partial charge is 0.315 e. The first-order valence-corrected chi connectivity index (χ1v) is 12.5. The van der Waals surface area contributed by atoms with Crippen molar-refractivity contribution in [2.24, 2.45) is 0 Å². The lowest BCUT2D eigenvalue weighted by molar-refractivity contribution is -0.125. The van der Waals surface area contributed by atoms with Gasteiger partial charge >= 0.3 is 6.03 Å². The molecule has 0 radical (unpaired) electrons. The van der Waals surface area contributed by atoms with Gasteiger partial charge in [-0.25, -0.2) is 13.6 Å². The lowest BCUT2D eigenvalue weighted by Gasteiger charge is -2.29. The van der Waals surface area contributed by atoms with E-state index >= 15 is 0 Å². The Morgan fingerprint density at radius 1 is 1.16 bits per heavy atom. The number of carbonyl (C=O) groups excluding carboxylic acids is 4. The van der Waals surface area contributed by atoms with Crippen LogP contribution in [0.2, 0.25) is 4.34 Å². The van der Waals surface area contributed by atoms with E-state index in [1.165, 1.54) is 23.1 Å². The number of hydrogen-bond acceptors (Lipinski definition) is 6. The van der Waals surface area contributed by atoms with Gasteiger partial charge in [0.25, 0.3) is 18.2 Å². The van der Waals surface area contributed by atoms with Crippen molar-refractivity contribution in [3.8, 4) is 0 Å². The van der Waals surface area contributed by atoms with E-state index in [1.54, 1.807) is 19.9 Å². The summed E-state index contributed by atoms with van der Waals surface area (Å²) in [6.45, 7) is 3.29. The maximum Gasteiger partial charge on any atom is 0.315 e. The van der Waals surface area contributed by atoms with Crippen LogP contribution < -0.4 is 26.2 Å². The molecule has 2 aromatic rings. The minimum absolute atomic E-state index is 0.0224. The molecule has 0 saturated carbocycles. The van der Waals surface area contributed by atoms with Gasteiger partial charge in [0.1, 0.15) is 12.6 Å². The van der Waals surface area contributed by atoms with Crippen molar-refractivity contribution in [2.75, 3.05) is 36.5 Å². The molecule has 37 heavy (non-hydrogen) atoms. The first kappa shape index (κ1) is 28.3. The summed E-state index contributed by atoms with van der Waals surface area (Å²) in [6, 6.07) is 4.70. The molecule has 2 heterocycles. The maximum atomic E-state index is 13.8. The van der Waals surface area contributed by atoms with Crippen molar-refractivity contribution in [1.82, 2.24) is 16.0 Å². The Labute approximate surface area is 220 Å². The van der Waals surface area contributed by atoms with Gasteiger partial charge in [0.2, 0.25) is 5.91 Å². The van der Waals surface area contributed by atoms with Gasteiger partial charge in [-0.15, -0.1) is 11.3 Å². The van der Waals surface area contributed by atoms with Gasteiger partial charge in [-0.3, -0.25) is 14.4 Å². The normalized spacial score (nSPS) is 14.5. The van der Waals surface area contributed by atoms with Crippen LogP contribution in [0.25, 0.3) is 0 Å². The van der Waals surface area contributed by atoms with Crippen molar-refractivity contribution in [1.29, 1.82) is 0 Å². The second-order valence-electron chi connectivity index (χ2n) is 8.30. The summed E-state index contributed by atoms with van der Waals surface area (Å²) in [5, 5.41) is 10.1.